The third kappa shape index (κ3) is 32.4. The van der Waals surface area contributed by atoms with Crippen LogP contribution in [0.3, 0.4) is 0 Å². The monoisotopic (exact) mass is 1090 g/mol. The Kier molecular flexibility index (Phi) is 30.8. The minimum Gasteiger partial charge on any atom is -0.464 e. The number of hydrogen-bond donors (Lipinski definition) is 4. The Morgan fingerprint density at radius 1 is 0.459 bits per heavy atom. The topological polar surface area (TPSA) is 224 Å². The van der Waals surface area contributed by atoms with Crippen molar-refractivity contribution in [2.75, 3.05) is 78.3 Å². The van der Waals surface area contributed by atoms with Gasteiger partial charge < -0.3 is 48.5 Å². The molecule has 74 heavy (non-hydrogen) atoms. The van der Waals surface area contributed by atoms with Crippen molar-refractivity contribution >= 4 is 56.9 Å². The number of nitrogens with one attached hydrogen (secondary N) is 4. The Morgan fingerprint density at radius 3 is 1.05 bits per heavy atom. The summed E-state index contributed by atoms with van der Waals surface area (Å²) in [5, 5.41) is 12.0. The van der Waals surface area contributed by atoms with Crippen molar-refractivity contribution < 1.29 is 66.7 Å². The first-order chi connectivity index (χ1) is 33.6. The van der Waals surface area contributed by atoms with Gasteiger partial charge in [0.1, 0.15) is 25.4 Å². The molecule has 0 aromatic rings. The third-order valence-electron chi connectivity index (χ3n) is 12.0. The summed E-state index contributed by atoms with van der Waals surface area (Å²) >= 11 is 0. The van der Waals surface area contributed by atoms with Crippen LogP contribution in [0.1, 0.15) is 164 Å². The van der Waals surface area contributed by atoms with Crippen LogP contribution in [-0.2, 0) is 66.7 Å². The summed E-state index contributed by atoms with van der Waals surface area (Å²) in [6, 6.07) is -1.76. The molecule has 0 heterocycles. The number of hydrogen-bond acceptors (Lipinski definition) is 18. The lowest BCUT2D eigenvalue weighted by molar-refractivity contribution is -0.156. The number of rotatable bonds is 39. The fourth-order valence-corrected chi connectivity index (χ4v) is 9.25. The Labute approximate surface area is 454 Å². The second-order valence-electron chi connectivity index (χ2n) is 24.7. The zero-order valence-electron chi connectivity index (χ0n) is 49.7. The van der Waals surface area contributed by atoms with Crippen molar-refractivity contribution in [1.29, 1.82) is 0 Å². The average Bonchev–Trinajstić information content (AvgIpc) is 3.25. The van der Waals surface area contributed by atoms with Crippen LogP contribution in [0.15, 0.2) is 0 Å². The predicted octanol–water partition coefficient (Wildman–Crippen LogP) is 7.20. The van der Waals surface area contributed by atoms with E-state index in [-0.39, 0.29) is 85.5 Å². The second kappa shape index (κ2) is 31.9. The van der Waals surface area contributed by atoms with E-state index in [2.05, 4.69) is 21.3 Å². The summed E-state index contributed by atoms with van der Waals surface area (Å²) in [6.45, 7) is 37.5. The molecule has 0 saturated heterocycles. The first-order valence-electron chi connectivity index (χ1n) is 26.0. The van der Waals surface area contributed by atoms with Crippen molar-refractivity contribution in [3.8, 4) is 0 Å². The van der Waals surface area contributed by atoms with Crippen LogP contribution in [0.2, 0.25) is 0 Å². The normalized spacial score (nSPS) is 14.9. The van der Waals surface area contributed by atoms with E-state index in [0.717, 1.165) is 0 Å². The van der Waals surface area contributed by atoms with E-state index in [1.54, 1.807) is 55.8 Å². The molecule has 0 aliphatic rings. The van der Waals surface area contributed by atoms with Gasteiger partial charge in [0.05, 0.1) is 82.8 Å². The highest BCUT2D eigenvalue weighted by atomic mass is 33.1. The SMILES string of the molecule is COC(C)(C)CCOC(C)(C)CCNC(=O)C(CSSCC(NCC(=O)OCC(C)(C)C(=O)C(C)OC(C)(C)C)C(=O)NCCC(C)(C)OCCC(C)(C)OC)NCC(=O)OCC(C)(C)C(=O)C(C)OC(C)(C)C. The number of Topliss-reactive ketones (excluding diaryl/α,β-unsaturated/α-hetero) is 2. The molecule has 0 fully saturated rings. The molecular formula is C54H102N4O14S2. The van der Waals surface area contributed by atoms with E-state index in [1.807, 2.05) is 96.9 Å². The first kappa shape index (κ1) is 71.6. The fourth-order valence-electron chi connectivity index (χ4n) is 6.85. The van der Waals surface area contributed by atoms with Crippen LogP contribution < -0.4 is 21.3 Å². The van der Waals surface area contributed by atoms with Gasteiger partial charge in [-0.1, -0.05) is 21.6 Å². The standard InChI is InChI=1S/C54H102N4O14S2/c1-37(71-47(3,4)5)43(61)49(9,10)35-67-41(59)31-57-39(45(63)55-27-23-53(17,18)69-29-25-51(13,14)65-21)33-73-74-34-40(46(64)56-28-24-54(19,20)70-30-26-52(15,16)66-22)58-32-42(60)68-36-50(11,12)44(62)38(2)72-48(6,7)8/h37-40,57-58H,23-36H2,1-22H3,(H,55,63)(H,56,64). The number of amides is 2. The highest BCUT2D eigenvalue weighted by Gasteiger charge is 2.37. The number of ketones is 2. The van der Waals surface area contributed by atoms with E-state index in [1.165, 1.54) is 21.6 Å². The van der Waals surface area contributed by atoms with Crippen molar-refractivity contribution in [3.05, 3.63) is 0 Å². The molecule has 0 saturated carbocycles. The number of carbonyl (C=O) groups excluding carboxylic acids is 6. The zero-order valence-corrected chi connectivity index (χ0v) is 51.4. The van der Waals surface area contributed by atoms with E-state index < -0.39 is 69.5 Å². The minimum absolute atomic E-state index is 0.170. The van der Waals surface area contributed by atoms with Crippen LogP contribution in [0, 0.1) is 10.8 Å². The smallest absolute Gasteiger partial charge is 0.319 e. The van der Waals surface area contributed by atoms with Gasteiger partial charge in [-0.25, -0.2) is 0 Å². The van der Waals surface area contributed by atoms with Gasteiger partial charge in [0.2, 0.25) is 11.8 Å². The molecule has 0 rings (SSSR count). The van der Waals surface area contributed by atoms with Crippen LogP contribution >= 0.6 is 21.6 Å². The van der Waals surface area contributed by atoms with Gasteiger partial charge in [0, 0.05) is 38.8 Å². The molecule has 4 N–H and O–H groups in total. The summed E-state index contributed by atoms with van der Waals surface area (Å²) in [4.78, 5) is 80.4. The molecule has 18 nitrogen and oxygen atoms in total. The van der Waals surface area contributed by atoms with Gasteiger partial charge in [-0.05, 0) is 164 Å². The molecule has 4 atom stereocenters. The van der Waals surface area contributed by atoms with E-state index >= 15 is 0 Å². The molecule has 2 amide bonds. The van der Waals surface area contributed by atoms with Crippen LogP contribution in [0.4, 0.5) is 0 Å². The number of esters is 2. The summed E-state index contributed by atoms with van der Waals surface area (Å²) in [6.07, 6.45) is 0.928. The molecule has 0 spiro atoms. The van der Waals surface area contributed by atoms with E-state index in [4.69, 9.17) is 37.9 Å². The van der Waals surface area contributed by atoms with Gasteiger partial charge >= 0.3 is 11.9 Å². The molecule has 0 aromatic heterocycles. The van der Waals surface area contributed by atoms with Gasteiger partial charge in [-0.15, -0.1) is 0 Å². The highest BCUT2D eigenvalue weighted by molar-refractivity contribution is 8.76. The van der Waals surface area contributed by atoms with E-state index in [0.29, 0.717) is 38.9 Å². The maximum Gasteiger partial charge on any atom is 0.319 e. The van der Waals surface area contributed by atoms with E-state index in [9.17, 15) is 28.8 Å². The Hall–Kier alpha value is -2.40. The van der Waals surface area contributed by atoms with Crippen LogP contribution in [0.5, 0.6) is 0 Å². The van der Waals surface area contributed by atoms with Crippen molar-refractivity contribution in [2.24, 2.45) is 10.8 Å². The highest BCUT2D eigenvalue weighted by Crippen LogP contribution is 2.27. The lowest BCUT2D eigenvalue weighted by atomic mass is 9.86. The van der Waals surface area contributed by atoms with Crippen LogP contribution in [0.25, 0.3) is 0 Å². The fraction of sp³-hybridized carbons (Fsp3) is 0.889. The molecule has 434 valence electrons. The largest absolute Gasteiger partial charge is 0.464 e. The maximum absolute atomic E-state index is 13.8. The molecule has 0 aliphatic carbocycles. The predicted molar refractivity (Wildman–Crippen MR) is 295 cm³/mol. The Morgan fingerprint density at radius 2 is 0.770 bits per heavy atom. The van der Waals surface area contributed by atoms with Gasteiger partial charge in [0.15, 0.2) is 11.6 Å². The molecule has 0 aromatic carbocycles. The maximum atomic E-state index is 13.8. The number of carbonyl (C=O) groups is 6. The van der Waals surface area contributed by atoms with Gasteiger partial charge in [0.25, 0.3) is 0 Å². The third-order valence-corrected chi connectivity index (χ3v) is 14.5. The van der Waals surface area contributed by atoms with Gasteiger partial charge in [-0.3, -0.25) is 39.4 Å². The van der Waals surface area contributed by atoms with Crippen molar-refractivity contribution in [3.63, 3.8) is 0 Å². The molecule has 0 radical (unpaired) electrons. The average molecular weight is 1100 g/mol. The summed E-state index contributed by atoms with van der Waals surface area (Å²) < 4.78 is 46.1. The zero-order chi connectivity index (χ0) is 57.6. The van der Waals surface area contributed by atoms with Crippen molar-refractivity contribution in [1.82, 2.24) is 21.3 Å². The molecule has 0 bridgehead atoms. The summed E-state index contributed by atoms with van der Waals surface area (Å²) in [7, 11) is 5.92. The Balaban J connectivity index is 6.14. The lowest BCUT2D eigenvalue weighted by Crippen LogP contribution is -2.49. The quantitative estimate of drug-likeness (QED) is 0.0271. The Bertz CT molecular complexity index is 1620. The van der Waals surface area contributed by atoms with Gasteiger partial charge in [-0.2, -0.15) is 0 Å². The summed E-state index contributed by atoms with van der Waals surface area (Å²) in [5.74, 6) is -2.12. The molecule has 0 aliphatic heterocycles. The minimum atomic E-state index is -1.04. The lowest BCUT2D eigenvalue weighted by Gasteiger charge is -2.30. The molecular weight excluding hydrogens is 993 g/mol. The van der Waals surface area contributed by atoms with Crippen LogP contribution in [-0.4, -0.2) is 172 Å². The number of methoxy groups -OCH3 is 2. The summed E-state index contributed by atoms with van der Waals surface area (Å²) in [5.41, 5.74) is -4.95. The number of ether oxygens (including phenoxy) is 8. The molecule has 20 heteroatoms. The second-order valence-corrected chi connectivity index (χ2v) is 27.3. The first-order valence-corrected chi connectivity index (χ1v) is 28.5. The van der Waals surface area contributed by atoms with Crippen molar-refractivity contribution in [2.45, 2.75) is 222 Å². The molecule has 4 unspecified atom stereocenters.